The monoisotopic (exact) mass is 459 g/mol. The van der Waals surface area contributed by atoms with Gasteiger partial charge in [-0.1, -0.05) is 19.1 Å². The number of benzene rings is 2. The van der Waals surface area contributed by atoms with Crippen LogP contribution in [0.15, 0.2) is 47.3 Å². The summed E-state index contributed by atoms with van der Waals surface area (Å²) in [5, 5.41) is 3.71. The van der Waals surface area contributed by atoms with E-state index in [4.69, 9.17) is 4.98 Å². The number of aromatic nitrogens is 2. The molecule has 2 aliphatic rings. The standard InChI is InChI=1S/C27H33N5O2/c1-3-30-14-16-31(17-15-30)21-10-11-23(19(2)18-21)29-26(33)13-12-25-28-24-7-5-4-6-22(24)27(34)32(25)20-8-9-20/h4-7,10-11,18,20H,3,8-9,12-17H2,1-2H3,(H,29,33). The third-order valence-corrected chi connectivity index (χ3v) is 7.04. The van der Waals surface area contributed by atoms with Crippen molar-refractivity contribution in [2.24, 2.45) is 0 Å². The third-order valence-electron chi connectivity index (χ3n) is 7.04. The number of fused-ring (bicyclic) bond motifs is 1. The van der Waals surface area contributed by atoms with Gasteiger partial charge < -0.3 is 15.1 Å². The minimum atomic E-state index is -0.0582. The van der Waals surface area contributed by atoms with E-state index in [1.807, 2.05) is 41.8 Å². The van der Waals surface area contributed by atoms with Gasteiger partial charge in [0.25, 0.3) is 5.56 Å². The summed E-state index contributed by atoms with van der Waals surface area (Å²) < 4.78 is 1.81. The lowest BCUT2D eigenvalue weighted by atomic mass is 10.1. The molecule has 3 aromatic rings. The Kier molecular flexibility index (Phi) is 6.37. The van der Waals surface area contributed by atoms with Gasteiger partial charge >= 0.3 is 0 Å². The number of carbonyl (C=O) groups excluding carboxylic acids is 1. The van der Waals surface area contributed by atoms with Gasteiger partial charge in [-0.15, -0.1) is 0 Å². The normalized spacial score (nSPS) is 16.7. The van der Waals surface area contributed by atoms with Crippen molar-refractivity contribution in [1.82, 2.24) is 14.5 Å². The molecular formula is C27H33N5O2. The molecule has 2 aromatic carbocycles. The van der Waals surface area contributed by atoms with E-state index in [1.54, 1.807) is 0 Å². The highest BCUT2D eigenvalue weighted by molar-refractivity contribution is 5.92. The van der Waals surface area contributed by atoms with Crippen LogP contribution in [0.2, 0.25) is 0 Å². The van der Waals surface area contributed by atoms with Crippen molar-refractivity contribution in [2.75, 3.05) is 42.9 Å². The summed E-state index contributed by atoms with van der Waals surface area (Å²) >= 11 is 0. The first-order valence-corrected chi connectivity index (χ1v) is 12.4. The number of nitrogens with zero attached hydrogens (tertiary/aromatic N) is 4. The van der Waals surface area contributed by atoms with Crippen molar-refractivity contribution in [3.8, 4) is 0 Å². The molecule has 5 rings (SSSR count). The number of likely N-dealkylation sites (N-methyl/N-ethyl adjacent to an activating group) is 1. The summed E-state index contributed by atoms with van der Waals surface area (Å²) in [4.78, 5) is 35.4. The number of rotatable bonds is 7. The molecule has 0 spiro atoms. The van der Waals surface area contributed by atoms with Crippen LogP contribution in [0.3, 0.4) is 0 Å². The number of aryl methyl sites for hydroxylation is 2. The Labute approximate surface area is 200 Å². The summed E-state index contributed by atoms with van der Waals surface area (Å²) in [6.07, 6.45) is 2.73. The van der Waals surface area contributed by atoms with E-state index in [0.29, 0.717) is 23.1 Å². The molecule has 0 radical (unpaired) electrons. The molecule has 7 nitrogen and oxygen atoms in total. The smallest absolute Gasteiger partial charge is 0.261 e. The van der Waals surface area contributed by atoms with Gasteiger partial charge in [0.15, 0.2) is 0 Å². The number of para-hydroxylation sites is 1. The van der Waals surface area contributed by atoms with Gasteiger partial charge in [-0.25, -0.2) is 4.98 Å². The molecule has 1 amide bonds. The van der Waals surface area contributed by atoms with Crippen molar-refractivity contribution >= 4 is 28.2 Å². The third kappa shape index (κ3) is 4.71. The highest BCUT2D eigenvalue weighted by atomic mass is 16.1. The largest absolute Gasteiger partial charge is 0.369 e. The molecule has 1 aliphatic carbocycles. The fourth-order valence-corrected chi connectivity index (χ4v) is 4.82. The van der Waals surface area contributed by atoms with E-state index in [1.165, 1.54) is 5.69 Å². The minimum Gasteiger partial charge on any atom is -0.369 e. The molecule has 1 saturated carbocycles. The van der Waals surface area contributed by atoms with Crippen LogP contribution in [0, 0.1) is 6.92 Å². The van der Waals surface area contributed by atoms with Gasteiger partial charge in [0.1, 0.15) is 5.82 Å². The second kappa shape index (κ2) is 9.58. The van der Waals surface area contributed by atoms with Gasteiger partial charge in [-0.2, -0.15) is 0 Å². The zero-order valence-electron chi connectivity index (χ0n) is 20.1. The van der Waals surface area contributed by atoms with Crippen molar-refractivity contribution in [3.63, 3.8) is 0 Å². The van der Waals surface area contributed by atoms with Crippen molar-refractivity contribution in [1.29, 1.82) is 0 Å². The Morgan fingerprint density at radius 1 is 1.09 bits per heavy atom. The molecule has 2 fully saturated rings. The average Bonchev–Trinajstić information content (AvgIpc) is 3.69. The molecule has 7 heteroatoms. The molecule has 1 N–H and O–H groups in total. The molecule has 34 heavy (non-hydrogen) atoms. The molecule has 178 valence electrons. The molecule has 1 aromatic heterocycles. The summed E-state index contributed by atoms with van der Waals surface area (Å²) in [6.45, 7) is 9.57. The molecule has 1 aliphatic heterocycles. The van der Waals surface area contributed by atoms with Crippen LogP contribution < -0.4 is 15.8 Å². The van der Waals surface area contributed by atoms with Gasteiger partial charge in [-0.05, 0) is 62.2 Å². The fraction of sp³-hybridized carbons (Fsp3) is 0.444. The first kappa shape index (κ1) is 22.6. The Bertz CT molecular complexity index is 1260. The van der Waals surface area contributed by atoms with Crippen LogP contribution in [0.4, 0.5) is 11.4 Å². The number of carbonyl (C=O) groups is 1. The Morgan fingerprint density at radius 2 is 1.85 bits per heavy atom. The minimum absolute atomic E-state index is 0.00899. The van der Waals surface area contributed by atoms with Crippen LogP contribution in [0.5, 0.6) is 0 Å². The Balaban J connectivity index is 1.25. The zero-order valence-corrected chi connectivity index (χ0v) is 20.1. The summed E-state index contributed by atoms with van der Waals surface area (Å²) in [5.74, 6) is 0.650. The van der Waals surface area contributed by atoms with Crippen molar-refractivity contribution in [3.05, 3.63) is 64.2 Å². The lowest BCUT2D eigenvalue weighted by molar-refractivity contribution is -0.116. The summed E-state index contributed by atoms with van der Waals surface area (Å²) in [7, 11) is 0. The lowest BCUT2D eigenvalue weighted by Gasteiger charge is -2.35. The van der Waals surface area contributed by atoms with E-state index in [0.717, 1.165) is 56.8 Å². The first-order valence-electron chi connectivity index (χ1n) is 12.4. The molecule has 2 heterocycles. The highest BCUT2D eigenvalue weighted by Crippen LogP contribution is 2.35. The predicted molar refractivity (Wildman–Crippen MR) is 137 cm³/mol. The Morgan fingerprint density at radius 3 is 2.56 bits per heavy atom. The SMILES string of the molecule is CCN1CCN(c2ccc(NC(=O)CCc3nc4ccccc4c(=O)n3C3CC3)c(C)c2)CC1. The van der Waals surface area contributed by atoms with Gasteiger partial charge in [0.05, 0.1) is 10.9 Å². The predicted octanol–water partition coefficient (Wildman–Crippen LogP) is 3.75. The average molecular weight is 460 g/mol. The molecule has 0 unspecified atom stereocenters. The first-order chi connectivity index (χ1) is 16.5. The molecule has 1 saturated heterocycles. The van der Waals surface area contributed by atoms with Gasteiger partial charge in [0.2, 0.25) is 5.91 Å². The Hall–Kier alpha value is -3.19. The van der Waals surface area contributed by atoms with E-state index in [-0.39, 0.29) is 23.9 Å². The van der Waals surface area contributed by atoms with E-state index >= 15 is 0 Å². The number of amides is 1. The van der Waals surface area contributed by atoms with Crippen molar-refractivity contribution < 1.29 is 4.79 Å². The van der Waals surface area contributed by atoms with Crippen LogP contribution in [-0.2, 0) is 11.2 Å². The number of nitrogens with one attached hydrogen (secondary N) is 1. The molecule has 0 atom stereocenters. The highest BCUT2D eigenvalue weighted by Gasteiger charge is 2.28. The van der Waals surface area contributed by atoms with Crippen LogP contribution in [0.25, 0.3) is 10.9 Å². The van der Waals surface area contributed by atoms with Crippen LogP contribution >= 0.6 is 0 Å². The second-order valence-corrected chi connectivity index (χ2v) is 9.42. The maximum absolute atomic E-state index is 13.0. The number of anilines is 2. The summed E-state index contributed by atoms with van der Waals surface area (Å²) in [5.41, 5.74) is 3.82. The lowest BCUT2D eigenvalue weighted by Crippen LogP contribution is -2.46. The number of hydrogen-bond donors (Lipinski definition) is 1. The maximum atomic E-state index is 13.0. The molecular weight excluding hydrogens is 426 g/mol. The zero-order chi connectivity index (χ0) is 23.7. The topological polar surface area (TPSA) is 70.5 Å². The second-order valence-electron chi connectivity index (χ2n) is 9.42. The molecule has 0 bridgehead atoms. The van der Waals surface area contributed by atoms with Crippen LogP contribution in [-0.4, -0.2) is 53.1 Å². The number of hydrogen-bond acceptors (Lipinski definition) is 5. The van der Waals surface area contributed by atoms with Gasteiger partial charge in [0, 0.05) is 56.4 Å². The van der Waals surface area contributed by atoms with Crippen molar-refractivity contribution in [2.45, 2.75) is 45.6 Å². The number of piperazine rings is 1. The van der Waals surface area contributed by atoms with E-state index in [9.17, 15) is 9.59 Å². The van der Waals surface area contributed by atoms with Crippen LogP contribution in [0.1, 0.15) is 43.6 Å². The maximum Gasteiger partial charge on any atom is 0.261 e. The quantitative estimate of drug-likeness (QED) is 0.583. The van der Waals surface area contributed by atoms with E-state index < -0.39 is 0 Å². The fourth-order valence-electron chi connectivity index (χ4n) is 4.82. The summed E-state index contributed by atoms with van der Waals surface area (Å²) in [6, 6.07) is 13.9. The van der Waals surface area contributed by atoms with E-state index in [2.05, 4.69) is 34.2 Å². The van der Waals surface area contributed by atoms with Gasteiger partial charge in [-0.3, -0.25) is 14.2 Å².